The van der Waals surface area contributed by atoms with Crippen LogP contribution in [0.2, 0.25) is 0 Å². The summed E-state index contributed by atoms with van der Waals surface area (Å²) in [5, 5.41) is 10.3. The van der Waals surface area contributed by atoms with Gasteiger partial charge in [0.2, 0.25) is 0 Å². The molecule has 0 unspecified atom stereocenters. The van der Waals surface area contributed by atoms with Crippen molar-refractivity contribution in [3.8, 4) is 6.07 Å². The summed E-state index contributed by atoms with van der Waals surface area (Å²) in [7, 11) is 0. The minimum Gasteiger partial charge on any atom is -0.243 e. The minimum absolute atomic E-state index is 0.712. The van der Waals surface area contributed by atoms with Gasteiger partial charge in [-0.2, -0.15) is 5.26 Å². The van der Waals surface area contributed by atoms with E-state index < -0.39 is 0 Å². The molecule has 2 nitrogen and oxygen atoms in total. The lowest BCUT2D eigenvalue weighted by Gasteiger charge is -2.17. The van der Waals surface area contributed by atoms with Gasteiger partial charge in [-0.25, -0.2) is 4.99 Å². The topological polar surface area (TPSA) is 36.1 Å². The second-order valence-electron chi connectivity index (χ2n) is 5.17. The highest BCUT2D eigenvalue weighted by atomic mass is 79.9. The molecule has 0 fully saturated rings. The molecule has 1 atom stereocenters. The Morgan fingerprint density at radius 2 is 2.24 bits per heavy atom. The molecular formula is C15H12Br2N2S2. The molecule has 6 heteroatoms. The van der Waals surface area contributed by atoms with E-state index in [1.165, 1.54) is 16.9 Å². The lowest BCUT2D eigenvalue weighted by atomic mass is 9.89. The summed E-state index contributed by atoms with van der Waals surface area (Å²) >= 11 is 10.3. The minimum atomic E-state index is 0.712. The molecule has 2 aromatic rings. The zero-order valence-corrected chi connectivity index (χ0v) is 16.1. The van der Waals surface area contributed by atoms with E-state index in [0.717, 1.165) is 36.5 Å². The van der Waals surface area contributed by atoms with Gasteiger partial charge < -0.3 is 0 Å². The van der Waals surface area contributed by atoms with E-state index in [1.807, 2.05) is 12.3 Å². The molecule has 0 radical (unpaired) electrons. The normalized spacial score (nSPS) is 17.9. The summed E-state index contributed by atoms with van der Waals surface area (Å²) in [6.45, 7) is 2.28. The van der Waals surface area contributed by atoms with Crippen LogP contribution < -0.4 is 0 Å². The molecule has 0 saturated carbocycles. The molecule has 0 spiro atoms. The smallest absolute Gasteiger partial charge is 0.134 e. The predicted molar refractivity (Wildman–Crippen MR) is 97.2 cm³/mol. The van der Waals surface area contributed by atoms with Crippen LogP contribution in [0.3, 0.4) is 0 Å². The van der Waals surface area contributed by atoms with Crippen molar-refractivity contribution in [2.24, 2.45) is 10.9 Å². The van der Waals surface area contributed by atoms with Crippen molar-refractivity contribution in [1.82, 2.24) is 0 Å². The van der Waals surface area contributed by atoms with E-state index >= 15 is 0 Å². The van der Waals surface area contributed by atoms with E-state index in [0.29, 0.717) is 5.92 Å². The molecule has 108 valence electrons. The second kappa shape index (κ2) is 6.33. The fraction of sp³-hybridized carbons (Fsp3) is 0.333. The van der Waals surface area contributed by atoms with Crippen molar-refractivity contribution < 1.29 is 0 Å². The Labute approximate surface area is 148 Å². The lowest BCUT2D eigenvalue weighted by Crippen LogP contribution is -2.09. The Bertz CT molecular complexity index is 733. The summed E-state index contributed by atoms with van der Waals surface area (Å²) in [5.74, 6) is 0.712. The molecular weight excluding hydrogens is 432 g/mol. The number of rotatable bonds is 2. The van der Waals surface area contributed by atoms with Gasteiger partial charge in [0.25, 0.3) is 0 Å². The highest BCUT2D eigenvalue weighted by molar-refractivity contribution is 9.13. The van der Waals surface area contributed by atoms with Crippen molar-refractivity contribution in [3.63, 3.8) is 0 Å². The number of halogens is 2. The maximum absolute atomic E-state index is 9.45. The summed E-state index contributed by atoms with van der Waals surface area (Å²) in [6, 6.07) is 4.38. The Morgan fingerprint density at radius 1 is 1.43 bits per heavy atom. The van der Waals surface area contributed by atoms with Gasteiger partial charge in [0.1, 0.15) is 11.1 Å². The summed E-state index contributed by atoms with van der Waals surface area (Å²) < 4.78 is 2.09. The summed E-state index contributed by atoms with van der Waals surface area (Å²) in [5.41, 5.74) is 2.02. The van der Waals surface area contributed by atoms with Crippen molar-refractivity contribution in [1.29, 1.82) is 5.26 Å². The third kappa shape index (κ3) is 3.16. The standard InChI is InChI=1S/C15H12Br2N2S2/c1-8-2-3-10-11(6-18)15(21-13(10)4-8)19-7-9-5-12(16)14(17)20-9/h5,7-8H,2-4H2,1H3/t8-/m0/s1. The molecule has 21 heavy (non-hydrogen) atoms. The van der Waals surface area contributed by atoms with Gasteiger partial charge in [-0.15, -0.1) is 22.7 Å². The van der Waals surface area contributed by atoms with Gasteiger partial charge in [0.05, 0.1) is 9.35 Å². The Kier molecular flexibility index (Phi) is 4.65. The van der Waals surface area contributed by atoms with Gasteiger partial charge in [-0.3, -0.25) is 0 Å². The number of fused-ring (bicyclic) bond motifs is 1. The van der Waals surface area contributed by atoms with E-state index in [2.05, 4.69) is 49.8 Å². The molecule has 0 aliphatic heterocycles. The molecule has 0 bridgehead atoms. The second-order valence-corrected chi connectivity index (χ2v) is 9.51. The van der Waals surface area contributed by atoms with Crippen molar-refractivity contribution in [3.05, 3.63) is 35.2 Å². The quantitative estimate of drug-likeness (QED) is 0.517. The van der Waals surface area contributed by atoms with Crippen LogP contribution in [0, 0.1) is 17.2 Å². The molecule has 0 saturated heterocycles. The Hall–Kier alpha value is -0.480. The first-order chi connectivity index (χ1) is 10.1. The van der Waals surface area contributed by atoms with Crippen LogP contribution >= 0.6 is 54.5 Å². The molecule has 0 aromatic carbocycles. The number of hydrogen-bond acceptors (Lipinski definition) is 4. The molecule has 3 rings (SSSR count). The Morgan fingerprint density at radius 3 is 2.90 bits per heavy atom. The van der Waals surface area contributed by atoms with Crippen molar-refractivity contribution in [2.75, 3.05) is 0 Å². The van der Waals surface area contributed by atoms with E-state index in [9.17, 15) is 5.26 Å². The highest BCUT2D eigenvalue weighted by Gasteiger charge is 2.23. The number of thiophene rings is 2. The van der Waals surface area contributed by atoms with Crippen LogP contribution in [0.25, 0.3) is 0 Å². The largest absolute Gasteiger partial charge is 0.243 e. The van der Waals surface area contributed by atoms with Crippen molar-refractivity contribution >= 4 is 65.7 Å². The first-order valence-corrected chi connectivity index (χ1v) is 9.84. The monoisotopic (exact) mass is 442 g/mol. The molecule has 2 aromatic heterocycles. The lowest BCUT2D eigenvalue weighted by molar-refractivity contribution is 0.507. The third-order valence-corrected chi connectivity index (χ3v) is 7.93. The molecule has 1 aliphatic rings. The predicted octanol–water partition coefficient (Wildman–Crippen LogP) is 6.08. The fourth-order valence-corrected chi connectivity index (χ4v) is 5.76. The van der Waals surface area contributed by atoms with Gasteiger partial charge >= 0.3 is 0 Å². The summed E-state index contributed by atoms with van der Waals surface area (Å²) in [4.78, 5) is 6.99. The first kappa shape index (κ1) is 15.4. The number of nitrogens with zero attached hydrogens (tertiary/aromatic N) is 2. The van der Waals surface area contributed by atoms with Gasteiger partial charge in [-0.1, -0.05) is 6.92 Å². The zero-order chi connectivity index (χ0) is 15.0. The average molecular weight is 444 g/mol. The first-order valence-electron chi connectivity index (χ1n) is 6.62. The molecule has 1 aliphatic carbocycles. The van der Waals surface area contributed by atoms with Crippen LogP contribution in [-0.2, 0) is 12.8 Å². The van der Waals surface area contributed by atoms with Crippen LogP contribution in [-0.4, -0.2) is 6.21 Å². The molecule has 0 amide bonds. The fourth-order valence-electron chi connectivity index (χ4n) is 2.49. The average Bonchev–Trinajstić information content (AvgIpc) is 2.96. The van der Waals surface area contributed by atoms with Crippen molar-refractivity contribution in [2.45, 2.75) is 26.2 Å². The van der Waals surface area contributed by atoms with Gasteiger partial charge in [-0.05, 0) is 68.7 Å². The molecule has 2 heterocycles. The number of hydrogen-bond donors (Lipinski definition) is 0. The summed E-state index contributed by atoms with van der Waals surface area (Å²) in [6.07, 6.45) is 5.12. The van der Waals surface area contributed by atoms with Crippen LogP contribution in [0.5, 0.6) is 0 Å². The van der Waals surface area contributed by atoms with E-state index in [1.54, 1.807) is 22.7 Å². The Balaban J connectivity index is 1.94. The van der Waals surface area contributed by atoms with E-state index in [4.69, 9.17) is 0 Å². The van der Waals surface area contributed by atoms with E-state index in [-0.39, 0.29) is 0 Å². The van der Waals surface area contributed by atoms with Crippen LogP contribution in [0.4, 0.5) is 5.00 Å². The maximum Gasteiger partial charge on any atom is 0.134 e. The van der Waals surface area contributed by atoms with Crippen LogP contribution in [0.15, 0.2) is 19.3 Å². The molecule has 0 N–H and O–H groups in total. The number of aliphatic imine (C=N–C) groups is 1. The van der Waals surface area contributed by atoms with Crippen LogP contribution in [0.1, 0.15) is 34.2 Å². The highest BCUT2D eigenvalue weighted by Crippen LogP contribution is 2.41. The maximum atomic E-state index is 9.45. The number of nitriles is 1. The SMILES string of the molecule is C[C@H]1CCc2c(sc(N=Cc3cc(Br)c(Br)s3)c2C#N)C1. The third-order valence-electron chi connectivity index (χ3n) is 3.58. The zero-order valence-electron chi connectivity index (χ0n) is 11.3. The van der Waals surface area contributed by atoms with Gasteiger partial charge in [0.15, 0.2) is 0 Å². The van der Waals surface area contributed by atoms with Gasteiger partial charge in [0, 0.05) is 20.4 Å².